The molecule has 3 N–H and O–H groups in total. The number of rotatable bonds is 5. The summed E-state index contributed by atoms with van der Waals surface area (Å²) in [4.78, 5) is 31.7. The zero-order chi connectivity index (χ0) is 14.6. The molecule has 0 saturated heterocycles. The fourth-order valence-electron chi connectivity index (χ4n) is 1.90. The topological polar surface area (TPSA) is 92.1 Å². The Morgan fingerprint density at radius 2 is 2.00 bits per heavy atom. The van der Waals surface area contributed by atoms with Crippen molar-refractivity contribution in [3.05, 3.63) is 16.4 Å². The first kappa shape index (κ1) is 15.6. The van der Waals surface area contributed by atoms with Crippen molar-refractivity contribution in [1.82, 2.24) is 14.9 Å². The number of carbonyl (C=O) groups is 1. The maximum Gasteiger partial charge on any atom is 0.253 e. The molecule has 0 fully saturated rings. The highest BCUT2D eigenvalue weighted by molar-refractivity contribution is 7.99. The third-order valence-electron chi connectivity index (χ3n) is 2.47. The zero-order valence-corrected chi connectivity index (χ0v) is 12.5. The summed E-state index contributed by atoms with van der Waals surface area (Å²) < 4.78 is 0. The lowest BCUT2D eigenvalue weighted by atomic mass is 10.2. The highest BCUT2D eigenvalue weighted by Crippen LogP contribution is 2.15. The van der Waals surface area contributed by atoms with Crippen LogP contribution in [0.15, 0.2) is 16.0 Å². The summed E-state index contributed by atoms with van der Waals surface area (Å²) in [6.07, 6.45) is 0. The summed E-state index contributed by atoms with van der Waals surface area (Å²) in [5.74, 6) is 0.395. The summed E-state index contributed by atoms with van der Waals surface area (Å²) in [7, 11) is 0. The van der Waals surface area contributed by atoms with Gasteiger partial charge in [0.15, 0.2) is 5.16 Å². The average molecular weight is 284 g/mol. The largest absolute Gasteiger partial charge is 0.383 e. The molecule has 0 atom stereocenters. The Bertz CT molecular complexity index is 491. The molecule has 19 heavy (non-hydrogen) atoms. The van der Waals surface area contributed by atoms with Gasteiger partial charge in [-0.1, -0.05) is 11.8 Å². The molecule has 0 radical (unpaired) electrons. The maximum absolute atomic E-state index is 12.1. The second kappa shape index (κ2) is 6.60. The van der Waals surface area contributed by atoms with Gasteiger partial charge in [0, 0.05) is 18.2 Å². The molecule has 0 saturated carbocycles. The predicted octanol–water partition coefficient (Wildman–Crippen LogP) is 1.09. The molecule has 1 aromatic rings. The van der Waals surface area contributed by atoms with Gasteiger partial charge in [0.1, 0.15) is 5.82 Å². The monoisotopic (exact) mass is 284 g/mol. The SMILES string of the molecule is CC(C)N(C(=O)CSc1nc(N)cc(=O)[nH]1)C(C)C. The second-order valence-corrected chi connectivity index (χ2v) is 5.72. The lowest BCUT2D eigenvalue weighted by Crippen LogP contribution is -2.43. The van der Waals surface area contributed by atoms with Crippen molar-refractivity contribution in [2.75, 3.05) is 11.5 Å². The molecule has 1 aromatic heterocycles. The van der Waals surface area contributed by atoms with E-state index in [0.717, 1.165) is 0 Å². The highest BCUT2D eigenvalue weighted by atomic mass is 32.2. The van der Waals surface area contributed by atoms with E-state index < -0.39 is 0 Å². The van der Waals surface area contributed by atoms with Crippen LogP contribution in [0.1, 0.15) is 27.7 Å². The van der Waals surface area contributed by atoms with E-state index in [-0.39, 0.29) is 35.1 Å². The van der Waals surface area contributed by atoms with Crippen molar-refractivity contribution in [1.29, 1.82) is 0 Å². The van der Waals surface area contributed by atoms with Gasteiger partial charge in [-0.05, 0) is 27.7 Å². The number of nitrogen functional groups attached to an aromatic ring is 1. The summed E-state index contributed by atoms with van der Waals surface area (Å²) in [5.41, 5.74) is 5.17. The zero-order valence-electron chi connectivity index (χ0n) is 11.6. The quantitative estimate of drug-likeness (QED) is 0.624. The first-order chi connectivity index (χ1) is 8.81. The molecular formula is C12H20N4O2S. The van der Waals surface area contributed by atoms with Crippen LogP contribution in [0.2, 0.25) is 0 Å². The van der Waals surface area contributed by atoms with E-state index in [1.54, 1.807) is 4.90 Å². The molecule has 1 amide bonds. The van der Waals surface area contributed by atoms with Crippen molar-refractivity contribution in [2.45, 2.75) is 44.9 Å². The number of H-pyrrole nitrogens is 1. The fourth-order valence-corrected chi connectivity index (χ4v) is 2.65. The molecular weight excluding hydrogens is 264 g/mol. The molecule has 0 aromatic carbocycles. The number of amides is 1. The van der Waals surface area contributed by atoms with Crippen LogP contribution in [0.3, 0.4) is 0 Å². The summed E-state index contributed by atoms with van der Waals surface area (Å²) in [5, 5.41) is 0.366. The molecule has 0 aliphatic carbocycles. The molecule has 0 aliphatic rings. The molecule has 1 heterocycles. The van der Waals surface area contributed by atoms with Crippen LogP contribution in [-0.2, 0) is 4.79 Å². The van der Waals surface area contributed by atoms with Gasteiger partial charge in [0.25, 0.3) is 5.56 Å². The number of thioether (sulfide) groups is 1. The van der Waals surface area contributed by atoms with Crippen LogP contribution < -0.4 is 11.3 Å². The Morgan fingerprint density at radius 3 is 2.47 bits per heavy atom. The highest BCUT2D eigenvalue weighted by Gasteiger charge is 2.20. The number of anilines is 1. The number of aromatic nitrogens is 2. The molecule has 106 valence electrons. The van der Waals surface area contributed by atoms with Gasteiger partial charge in [-0.15, -0.1) is 0 Å². The van der Waals surface area contributed by atoms with E-state index in [9.17, 15) is 9.59 Å². The van der Waals surface area contributed by atoms with E-state index in [2.05, 4.69) is 9.97 Å². The van der Waals surface area contributed by atoms with Gasteiger partial charge < -0.3 is 15.6 Å². The smallest absolute Gasteiger partial charge is 0.253 e. The van der Waals surface area contributed by atoms with Gasteiger partial charge in [-0.3, -0.25) is 9.59 Å². The van der Waals surface area contributed by atoms with Gasteiger partial charge in [-0.2, -0.15) is 0 Å². The molecule has 0 spiro atoms. The van der Waals surface area contributed by atoms with Crippen molar-refractivity contribution < 1.29 is 4.79 Å². The second-order valence-electron chi connectivity index (χ2n) is 4.75. The number of hydrogen-bond donors (Lipinski definition) is 2. The Labute approximate surface area is 116 Å². The van der Waals surface area contributed by atoms with Gasteiger partial charge in [0.05, 0.1) is 5.75 Å². The average Bonchev–Trinajstić information content (AvgIpc) is 2.23. The Balaban J connectivity index is 2.70. The van der Waals surface area contributed by atoms with Gasteiger partial charge in [0.2, 0.25) is 5.91 Å². The number of nitrogens with zero attached hydrogens (tertiary/aromatic N) is 2. The fraction of sp³-hybridized carbons (Fsp3) is 0.583. The van der Waals surface area contributed by atoms with Gasteiger partial charge in [-0.25, -0.2) is 4.98 Å². The lowest BCUT2D eigenvalue weighted by Gasteiger charge is -2.30. The number of carbonyl (C=O) groups excluding carboxylic acids is 1. The maximum atomic E-state index is 12.1. The standard InChI is InChI=1S/C12H20N4O2S/c1-7(2)16(8(3)4)11(18)6-19-12-14-9(13)5-10(17)15-12/h5,7-8H,6H2,1-4H3,(H3,13,14,15,17). The molecule has 1 rings (SSSR count). The normalized spacial score (nSPS) is 11.1. The third kappa shape index (κ3) is 4.59. The molecule has 7 heteroatoms. The molecule has 6 nitrogen and oxygen atoms in total. The number of nitrogens with one attached hydrogen (secondary N) is 1. The summed E-state index contributed by atoms with van der Waals surface area (Å²) in [6.45, 7) is 7.90. The predicted molar refractivity (Wildman–Crippen MR) is 77.1 cm³/mol. The van der Waals surface area contributed by atoms with E-state index in [1.807, 2.05) is 27.7 Å². The van der Waals surface area contributed by atoms with E-state index in [4.69, 9.17) is 5.73 Å². The summed E-state index contributed by atoms with van der Waals surface area (Å²) >= 11 is 1.18. The first-order valence-electron chi connectivity index (χ1n) is 6.12. The Hall–Kier alpha value is -1.50. The van der Waals surface area contributed by atoms with E-state index in [0.29, 0.717) is 5.16 Å². The minimum Gasteiger partial charge on any atom is -0.383 e. The van der Waals surface area contributed by atoms with Crippen molar-refractivity contribution in [3.8, 4) is 0 Å². The van der Waals surface area contributed by atoms with Crippen LogP contribution in [0, 0.1) is 0 Å². The van der Waals surface area contributed by atoms with Crippen LogP contribution in [0.4, 0.5) is 5.82 Å². The number of hydrogen-bond acceptors (Lipinski definition) is 5. The van der Waals surface area contributed by atoms with Crippen molar-refractivity contribution in [2.24, 2.45) is 0 Å². The van der Waals surface area contributed by atoms with Crippen molar-refractivity contribution in [3.63, 3.8) is 0 Å². The lowest BCUT2D eigenvalue weighted by molar-refractivity contribution is -0.131. The van der Waals surface area contributed by atoms with Crippen LogP contribution in [0.25, 0.3) is 0 Å². The Morgan fingerprint density at radius 1 is 1.42 bits per heavy atom. The third-order valence-corrected chi connectivity index (χ3v) is 3.33. The van der Waals surface area contributed by atoms with Crippen LogP contribution in [-0.4, -0.2) is 38.6 Å². The Kier molecular flexibility index (Phi) is 5.41. The van der Waals surface area contributed by atoms with Crippen molar-refractivity contribution >= 4 is 23.5 Å². The minimum atomic E-state index is -0.313. The van der Waals surface area contributed by atoms with E-state index >= 15 is 0 Å². The van der Waals surface area contributed by atoms with E-state index in [1.165, 1.54) is 17.8 Å². The minimum absolute atomic E-state index is 0.0140. The van der Waals surface area contributed by atoms with Crippen LogP contribution in [0.5, 0.6) is 0 Å². The number of nitrogens with two attached hydrogens (primary N) is 1. The molecule has 0 bridgehead atoms. The first-order valence-corrected chi connectivity index (χ1v) is 7.10. The summed E-state index contributed by atoms with van der Waals surface area (Å²) in [6, 6.07) is 1.49. The van der Waals surface area contributed by atoms with Gasteiger partial charge >= 0.3 is 0 Å². The number of aromatic amines is 1. The molecule has 0 aliphatic heterocycles. The van der Waals surface area contributed by atoms with Crippen LogP contribution >= 0.6 is 11.8 Å². The molecule has 0 unspecified atom stereocenters.